The summed E-state index contributed by atoms with van der Waals surface area (Å²) in [5, 5.41) is 1.11. The molecule has 2 aromatic heterocycles. The highest BCUT2D eigenvalue weighted by atomic mass is 32.1. The molecule has 2 heterocycles. The van der Waals surface area contributed by atoms with Crippen molar-refractivity contribution in [2.24, 2.45) is 0 Å². The second-order valence-electron chi connectivity index (χ2n) is 2.97. The maximum Gasteiger partial charge on any atom is 0.177 e. The van der Waals surface area contributed by atoms with Crippen molar-refractivity contribution < 1.29 is 0 Å². The highest BCUT2D eigenvalue weighted by Gasteiger charge is 2.01. The summed E-state index contributed by atoms with van der Waals surface area (Å²) >= 11 is 6.85. The number of aromatic nitrogens is 3. The second kappa shape index (κ2) is 4.06. The Balaban J connectivity index is 2.19. The van der Waals surface area contributed by atoms with Crippen LogP contribution in [0.1, 0.15) is 16.8 Å². The number of thiazole rings is 1. The number of nitrogens with one attached hydrogen (secondary N) is 1. The van der Waals surface area contributed by atoms with E-state index in [2.05, 4.69) is 16.9 Å². The Morgan fingerprint density at radius 2 is 2.50 bits per heavy atom. The van der Waals surface area contributed by atoms with Gasteiger partial charge in [0.25, 0.3) is 0 Å². The van der Waals surface area contributed by atoms with E-state index in [1.54, 1.807) is 11.3 Å². The third-order valence-electron chi connectivity index (χ3n) is 1.98. The zero-order valence-corrected chi connectivity index (χ0v) is 9.49. The lowest BCUT2D eigenvalue weighted by molar-refractivity contribution is 0.777. The number of rotatable bonds is 3. The molecule has 5 heteroatoms. The van der Waals surface area contributed by atoms with Crippen molar-refractivity contribution in [2.45, 2.75) is 19.9 Å². The first-order chi connectivity index (χ1) is 6.79. The van der Waals surface area contributed by atoms with Gasteiger partial charge in [0.15, 0.2) is 4.77 Å². The van der Waals surface area contributed by atoms with Gasteiger partial charge in [-0.1, -0.05) is 6.92 Å². The van der Waals surface area contributed by atoms with Gasteiger partial charge in [0.2, 0.25) is 0 Å². The molecule has 0 bridgehead atoms. The van der Waals surface area contributed by atoms with E-state index >= 15 is 0 Å². The monoisotopic (exact) mass is 225 g/mol. The molecule has 74 valence electrons. The lowest BCUT2D eigenvalue weighted by atomic mass is 10.4. The molecule has 0 aliphatic rings. The lowest BCUT2D eigenvalue weighted by Gasteiger charge is -1.96. The van der Waals surface area contributed by atoms with Crippen LogP contribution in [0.3, 0.4) is 0 Å². The molecule has 2 aromatic rings. The van der Waals surface area contributed by atoms with Crippen LogP contribution in [-0.4, -0.2) is 14.5 Å². The standard InChI is InChI=1S/C9H11N3S2/c1-2-7-5-11-8(14-7)6-12-4-3-10-9(12)13/h3-5H,2,6H2,1H3,(H,10,13). The minimum Gasteiger partial charge on any atom is -0.337 e. The minimum atomic E-state index is 0.748. The van der Waals surface area contributed by atoms with Gasteiger partial charge in [-0.15, -0.1) is 11.3 Å². The van der Waals surface area contributed by atoms with E-state index < -0.39 is 0 Å². The van der Waals surface area contributed by atoms with Crippen LogP contribution in [-0.2, 0) is 13.0 Å². The van der Waals surface area contributed by atoms with Crippen molar-refractivity contribution in [2.75, 3.05) is 0 Å². The van der Waals surface area contributed by atoms with Gasteiger partial charge in [-0.2, -0.15) is 0 Å². The molecule has 0 fully saturated rings. The molecule has 0 saturated carbocycles. The SMILES string of the molecule is CCc1cnc(Cn2cc[nH]c2=S)s1. The summed E-state index contributed by atoms with van der Waals surface area (Å²) in [7, 11) is 0. The Kier molecular flexibility index (Phi) is 2.79. The fraction of sp³-hybridized carbons (Fsp3) is 0.333. The summed E-state index contributed by atoms with van der Waals surface area (Å²) in [6, 6.07) is 0. The summed E-state index contributed by atoms with van der Waals surface area (Å²) in [5.41, 5.74) is 0. The maximum atomic E-state index is 5.10. The van der Waals surface area contributed by atoms with Gasteiger partial charge in [0.1, 0.15) is 5.01 Å². The molecule has 1 N–H and O–H groups in total. The maximum absolute atomic E-state index is 5.10. The molecule has 3 nitrogen and oxygen atoms in total. The average molecular weight is 225 g/mol. The molecule has 2 rings (SSSR count). The van der Waals surface area contributed by atoms with Crippen molar-refractivity contribution in [1.29, 1.82) is 0 Å². The first-order valence-electron chi connectivity index (χ1n) is 4.47. The van der Waals surface area contributed by atoms with Crippen molar-refractivity contribution in [1.82, 2.24) is 14.5 Å². The normalized spacial score (nSPS) is 10.6. The lowest BCUT2D eigenvalue weighted by Crippen LogP contribution is -1.96. The molecular formula is C9H11N3S2. The van der Waals surface area contributed by atoms with Crippen LogP contribution in [0.15, 0.2) is 18.6 Å². The summed E-state index contributed by atoms with van der Waals surface area (Å²) in [6.45, 7) is 2.91. The molecule has 14 heavy (non-hydrogen) atoms. The van der Waals surface area contributed by atoms with E-state index in [-0.39, 0.29) is 0 Å². The number of hydrogen-bond donors (Lipinski definition) is 1. The highest BCUT2D eigenvalue weighted by molar-refractivity contribution is 7.71. The molecule has 0 aromatic carbocycles. The molecule has 0 radical (unpaired) electrons. The molecule has 0 aliphatic carbocycles. The number of aryl methyl sites for hydroxylation is 1. The Labute approximate surface area is 91.4 Å². The quantitative estimate of drug-likeness (QED) is 0.815. The fourth-order valence-electron chi connectivity index (χ4n) is 1.20. The van der Waals surface area contributed by atoms with Crippen LogP contribution in [0.2, 0.25) is 0 Å². The Morgan fingerprint density at radius 3 is 3.07 bits per heavy atom. The van der Waals surface area contributed by atoms with Gasteiger partial charge in [-0.3, -0.25) is 0 Å². The van der Waals surface area contributed by atoms with Crippen molar-refractivity contribution in [3.63, 3.8) is 0 Å². The van der Waals surface area contributed by atoms with Crippen LogP contribution >= 0.6 is 23.6 Å². The van der Waals surface area contributed by atoms with E-state index in [1.165, 1.54) is 4.88 Å². The number of imidazole rings is 1. The van der Waals surface area contributed by atoms with Gasteiger partial charge >= 0.3 is 0 Å². The number of aromatic amines is 1. The van der Waals surface area contributed by atoms with Crippen LogP contribution in [0.4, 0.5) is 0 Å². The second-order valence-corrected chi connectivity index (χ2v) is 4.55. The summed E-state index contributed by atoms with van der Waals surface area (Å²) < 4.78 is 2.73. The van der Waals surface area contributed by atoms with Gasteiger partial charge in [-0.05, 0) is 18.6 Å². The number of nitrogens with zero attached hydrogens (tertiary/aromatic N) is 2. The van der Waals surface area contributed by atoms with Crippen molar-refractivity contribution in [3.05, 3.63) is 33.2 Å². The zero-order chi connectivity index (χ0) is 9.97. The van der Waals surface area contributed by atoms with E-state index in [4.69, 9.17) is 12.2 Å². The van der Waals surface area contributed by atoms with Gasteiger partial charge < -0.3 is 9.55 Å². The number of H-pyrrole nitrogens is 1. The highest BCUT2D eigenvalue weighted by Crippen LogP contribution is 2.14. The third-order valence-corrected chi connectivity index (χ3v) is 3.46. The van der Waals surface area contributed by atoms with Gasteiger partial charge in [0.05, 0.1) is 6.54 Å². The van der Waals surface area contributed by atoms with E-state index in [1.807, 2.05) is 23.2 Å². The van der Waals surface area contributed by atoms with Crippen LogP contribution in [0.25, 0.3) is 0 Å². The molecule has 0 atom stereocenters. The first kappa shape index (κ1) is 9.61. The van der Waals surface area contributed by atoms with Crippen LogP contribution in [0, 0.1) is 4.77 Å². The van der Waals surface area contributed by atoms with Gasteiger partial charge in [-0.25, -0.2) is 4.98 Å². The Morgan fingerprint density at radius 1 is 1.64 bits per heavy atom. The van der Waals surface area contributed by atoms with Gasteiger partial charge in [0, 0.05) is 23.5 Å². The first-order valence-corrected chi connectivity index (χ1v) is 5.69. The third kappa shape index (κ3) is 1.93. The number of hydrogen-bond acceptors (Lipinski definition) is 3. The predicted molar refractivity (Wildman–Crippen MR) is 60.2 cm³/mol. The fourth-order valence-corrected chi connectivity index (χ4v) is 2.26. The largest absolute Gasteiger partial charge is 0.337 e. The zero-order valence-electron chi connectivity index (χ0n) is 7.86. The van der Waals surface area contributed by atoms with Crippen molar-refractivity contribution in [3.8, 4) is 0 Å². The Bertz CT molecular complexity index is 466. The Hall–Kier alpha value is -0.940. The summed E-state index contributed by atoms with van der Waals surface area (Å²) in [4.78, 5) is 8.63. The topological polar surface area (TPSA) is 33.6 Å². The average Bonchev–Trinajstić information content (AvgIpc) is 2.77. The predicted octanol–water partition coefficient (Wildman–Crippen LogP) is 2.61. The summed E-state index contributed by atoms with van der Waals surface area (Å²) in [5.74, 6) is 0. The smallest absolute Gasteiger partial charge is 0.177 e. The van der Waals surface area contributed by atoms with E-state index in [0.29, 0.717) is 0 Å². The molecule has 0 spiro atoms. The molecule has 0 aliphatic heterocycles. The van der Waals surface area contributed by atoms with E-state index in [0.717, 1.165) is 22.7 Å². The molecular weight excluding hydrogens is 214 g/mol. The van der Waals surface area contributed by atoms with Crippen LogP contribution < -0.4 is 0 Å². The van der Waals surface area contributed by atoms with Crippen molar-refractivity contribution >= 4 is 23.6 Å². The van der Waals surface area contributed by atoms with Crippen LogP contribution in [0.5, 0.6) is 0 Å². The molecule has 0 amide bonds. The summed E-state index contributed by atoms with van der Waals surface area (Å²) in [6.07, 6.45) is 6.78. The molecule has 0 saturated heterocycles. The van der Waals surface area contributed by atoms with E-state index in [9.17, 15) is 0 Å². The molecule has 0 unspecified atom stereocenters. The minimum absolute atomic E-state index is 0.748.